The number of thiocarbonyl (C=S) groups is 1. The molecule has 0 aliphatic carbocycles. The second kappa shape index (κ2) is 5.94. The van der Waals surface area contributed by atoms with Gasteiger partial charge in [-0.15, -0.1) is 0 Å². The van der Waals surface area contributed by atoms with E-state index in [0.717, 1.165) is 28.3 Å². The molecule has 2 N–H and O–H groups in total. The first-order chi connectivity index (χ1) is 10.6. The Balaban J connectivity index is 2.20. The molecule has 2 aromatic heterocycles. The molecule has 6 heteroatoms. The Kier molecular flexibility index (Phi) is 4.00. The molecule has 0 spiro atoms. The van der Waals surface area contributed by atoms with Crippen LogP contribution >= 0.6 is 23.8 Å². The second-order valence-corrected chi connectivity index (χ2v) is 5.82. The van der Waals surface area contributed by atoms with E-state index in [-0.39, 0.29) is 0 Å². The monoisotopic (exact) mass is 331 g/mol. The number of aromatic nitrogens is 2. The Morgan fingerprint density at radius 2 is 2.00 bits per heavy atom. The summed E-state index contributed by atoms with van der Waals surface area (Å²) in [4.78, 5) is 5.09. The van der Waals surface area contributed by atoms with Gasteiger partial charge in [-0.1, -0.05) is 23.8 Å². The van der Waals surface area contributed by atoms with Crippen molar-refractivity contribution in [3.8, 4) is 17.0 Å². The van der Waals surface area contributed by atoms with Gasteiger partial charge in [0, 0.05) is 18.2 Å². The van der Waals surface area contributed by atoms with E-state index in [2.05, 4.69) is 4.98 Å². The summed E-state index contributed by atoms with van der Waals surface area (Å²) < 4.78 is 7.12. The van der Waals surface area contributed by atoms with Crippen LogP contribution < -0.4 is 10.5 Å². The molecule has 1 aromatic carbocycles. The zero-order chi connectivity index (χ0) is 15.7. The summed E-state index contributed by atoms with van der Waals surface area (Å²) in [5, 5.41) is 0.635. The first-order valence-corrected chi connectivity index (χ1v) is 7.46. The van der Waals surface area contributed by atoms with E-state index in [4.69, 9.17) is 34.3 Å². The van der Waals surface area contributed by atoms with Crippen LogP contribution in [0.3, 0.4) is 0 Å². The van der Waals surface area contributed by atoms with Crippen LogP contribution in [0.5, 0.6) is 5.75 Å². The molecule has 3 rings (SSSR count). The number of benzene rings is 1. The maximum atomic E-state index is 6.09. The van der Waals surface area contributed by atoms with Crippen molar-refractivity contribution in [2.75, 3.05) is 7.11 Å². The van der Waals surface area contributed by atoms with Gasteiger partial charge in [0.15, 0.2) is 0 Å². The number of hydrogen-bond acceptors (Lipinski definition) is 3. The maximum absolute atomic E-state index is 6.09. The van der Waals surface area contributed by atoms with E-state index >= 15 is 0 Å². The van der Waals surface area contributed by atoms with Crippen molar-refractivity contribution in [1.82, 2.24) is 9.38 Å². The molecule has 0 bridgehead atoms. The molecule has 112 valence electrons. The number of nitrogens with two attached hydrogens (primary N) is 1. The van der Waals surface area contributed by atoms with E-state index in [1.165, 1.54) is 0 Å². The molecule has 3 aromatic rings. The third-order valence-corrected chi connectivity index (χ3v) is 3.75. The van der Waals surface area contributed by atoms with E-state index in [9.17, 15) is 0 Å². The molecule has 0 atom stereocenters. The summed E-state index contributed by atoms with van der Waals surface area (Å²) in [6, 6.07) is 11.4. The van der Waals surface area contributed by atoms with E-state index in [0.29, 0.717) is 16.4 Å². The lowest BCUT2D eigenvalue weighted by Gasteiger charge is -2.05. The summed E-state index contributed by atoms with van der Waals surface area (Å²) in [5.41, 5.74) is 9.30. The van der Waals surface area contributed by atoms with Gasteiger partial charge in [0.2, 0.25) is 0 Å². The van der Waals surface area contributed by atoms with Crippen molar-refractivity contribution in [1.29, 1.82) is 0 Å². The van der Waals surface area contributed by atoms with Crippen molar-refractivity contribution in [2.24, 2.45) is 5.73 Å². The Morgan fingerprint density at radius 1 is 1.27 bits per heavy atom. The van der Waals surface area contributed by atoms with Crippen LogP contribution in [0, 0.1) is 0 Å². The van der Waals surface area contributed by atoms with Crippen LogP contribution in [0.1, 0.15) is 5.69 Å². The number of methoxy groups -OCH3 is 1. The first kappa shape index (κ1) is 14.8. The number of fused-ring (bicyclic) bond motifs is 1. The van der Waals surface area contributed by atoms with Gasteiger partial charge in [0.1, 0.15) is 11.4 Å². The van der Waals surface area contributed by atoms with Crippen molar-refractivity contribution in [3.63, 3.8) is 0 Å². The molecule has 0 aliphatic heterocycles. The highest BCUT2D eigenvalue weighted by molar-refractivity contribution is 7.80. The first-order valence-electron chi connectivity index (χ1n) is 6.67. The van der Waals surface area contributed by atoms with Crippen molar-refractivity contribution in [3.05, 3.63) is 53.3 Å². The molecule has 4 nitrogen and oxygen atoms in total. The van der Waals surface area contributed by atoms with Crippen LogP contribution in [0.25, 0.3) is 16.9 Å². The normalized spacial score (nSPS) is 10.8. The topological polar surface area (TPSA) is 52.5 Å². The van der Waals surface area contributed by atoms with Crippen LogP contribution in [0.2, 0.25) is 5.02 Å². The molecular formula is C16H14ClN3OS. The van der Waals surface area contributed by atoms with Crippen LogP contribution in [0.4, 0.5) is 0 Å². The number of rotatable bonds is 4. The number of nitrogens with zero attached hydrogens (tertiary/aromatic N) is 2. The standard InChI is InChI=1S/C16H14ClN3OS/c1-21-12-5-2-10(3-6-12)16-13(8-14(18)22)20-9-11(17)4-7-15(20)19-16/h2-7,9H,8H2,1H3,(H2,18,22). The summed E-state index contributed by atoms with van der Waals surface area (Å²) in [6.07, 6.45) is 2.28. The summed E-state index contributed by atoms with van der Waals surface area (Å²) in [7, 11) is 1.64. The minimum absolute atomic E-state index is 0.413. The van der Waals surface area contributed by atoms with Crippen molar-refractivity contribution < 1.29 is 4.74 Å². The SMILES string of the molecule is COc1ccc(-c2nc3ccc(Cl)cn3c2CC(N)=S)cc1. The minimum Gasteiger partial charge on any atom is -0.497 e. The van der Waals surface area contributed by atoms with E-state index in [1.54, 1.807) is 7.11 Å². The lowest BCUT2D eigenvalue weighted by molar-refractivity contribution is 0.415. The number of imidazole rings is 1. The Morgan fingerprint density at radius 3 is 2.64 bits per heavy atom. The number of pyridine rings is 1. The van der Waals surface area contributed by atoms with E-state index in [1.807, 2.05) is 47.0 Å². The maximum Gasteiger partial charge on any atom is 0.137 e. The minimum atomic E-state index is 0.413. The van der Waals surface area contributed by atoms with E-state index < -0.39 is 0 Å². The predicted octanol–water partition coefficient (Wildman–Crippen LogP) is 3.49. The zero-order valence-corrected chi connectivity index (χ0v) is 13.5. The fourth-order valence-corrected chi connectivity index (χ4v) is 2.68. The predicted molar refractivity (Wildman–Crippen MR) is 92.7 cm³/mol. The smallest absolute Gasteiger partial charge is 0.137 e. The molecule has 0 amide bonds. The Labute approximate surface area is 138 Å². The van der Waals surface area contributed by atoms with Crippen molar-refractivity contribution in [2.45, 2.75) is 6.42 Å². The number of hydrogen-bond donors (Lipinski definition) is 1. The van der Waals surface area contributed by atoms with Crippen LogP contribution in [-0.2, 0) is 6.42 Å². The van der Waals surface area contributed by atoms with Gasteiger partial charge < -0.3 is 14.9 Å². The molecule has 0 saturated heterocycles. The average Bonchev–Trinajstić information content (AvgIpc) is 2.85. The Hall–Kier alpha value is -2.11. The molecule has 0 radical (unpaired) electrons. The Bertz CT molecular complexity index is 842. The average molecular weight is 332 g/mol. The summed E-state index contributed by atoms with van der Waals surface area (Å²) in [6.45, 7) is 0. The molecule has 22 heavy (non-hydrogen) atoms. The van der Waals surface area contributed by atoms with Crippen molar-refractivity contribution >= 4 is 34.5 Å². The third-order valence-electron chi connectivity index (χ3n) is 3.39. The highest BCUT2D eigenvalue weighted by Crippen LogP contribution is 2.27. The van der Waals surface area contributed by atoms with Gasteiger partial charge in [0.05, 0.1) is 28.5 Å². The lowest BCUT2D eigenvalue weighted by Crippen LogP contribution is -2.13. The van der Waals surface area contributed by atoms with Gasteiger partial charge in [0.25, 0.3) is 0 Å². The highest BCUT2D eigenvalue weighted by Gasteiger charge is 2.15. The van der Waals surface area contributed by atoms with Crippen LogP contribution in [-0.4, -0.2) is 21.5 Å². The van der Waals surface area contributed by atoms with Gasteiger partial charge in [-0.2, -0.15) is 0 Å². The molecule has 0 saturated carbocycles. The fraction of sp³-hybridized carbons (Fsp3) is 0.125. The second-order valence-electron chi connectivity index (χ2n) is 4.85. The van der Waals surface area contributed by atoms with Crippen LogP contribution in [0.15, 0.2) is 42.6 Å². The summed E-state index contributed by atoms with van der Waals surface area (Å²) >= 11 is 11.2. The molecular weight excluding hydrogens is 318 g/mol. The van der Waals surface area contributed by atoms with Gasteiger partial charge >= 0.3 is 0 Å². The summed E-state index contributed by atoms with van der Waals surface area (Å²) in [5.74, 6) is 0.798. The zero-order valence-electron chi connectivity index (χ0n) is 11.9. The quantitative estimate of drug-likeness (QED) is 0.743. The largest absolute Gasteiger partial charge is 0.497 e. The molecule has 2 heterocycles. The number of ether oxygens (including phenoxy) is 1. The highest BCUT2D eigenvalue weighted by atomic mass is 35.5. The lowest BCUT2D eigenvalue weighted by atomic mass is 10.1. The fourth-order valence-electron chi connectivity index (χ4n) is 2.38. The van der Waals surface area contributed by atoms with Gasteiger partial charge in [-0.25, -0.2) is 4.98 Å². The molecule has 0 aliphatic rings. The molecule has 0 unspecified atom stereocenters. The third kappa shape index (κ3) is 2.77. The number of halogens is 1. The van der Waals surface area contributed by atoms with Gasteiger partial charge in [-0.05, 0) is 36.4 Å². The van der Waals surface area contributed by atoms with Gasteiger partial charge in [-0.3, -0.25) is 0 Å². The molecule has 0 fully saturated rings.